The predicted octanol–water partition coefficient (Wildman–Crippen LogP) is 4.80. The summed E-state index contributed by atoms with van der Waals surface area (Å²) in [5.41, 5.74) is 3.82. The summed E-state index contributed by atoms with van der Waals surface area (Å²) in [6.45, 7) is 2.68. The highest BCUT2D eigenvalue weighted by Gasteiger charge is 2.16. The van der Waals surface area contributed by atoms with Gasteiger partial charge in [-0.05, 0) is 54.6 Å². The first kappa shape index (κ1) is 16.7. The van der Waals surface area contributed by atoms with Gasteiger partial charge in [-0.3, -0.25) is 0 Å². The third kappa shape index (κ3) is 3.65. The summed E-state index contributed by atoms with van der Waals surface area (Å²) in [5, 5.41) is 0. The van der Waals surface area contributed by atoms with E-state index in [9.17, 15) is 4.79 Å². The molecule has 0 radical (unpaired) electrons. The van der Waals surface area contributed by atoms with Crippen molar-refractivity contribution in [2.24, 2.45) is 0 Å². The second-order valence-electron chi connectivity index (χ2n) is 5.47. The Bertz CT molecular complexity index is 763. The molecule has 0 saturated heterocycles. The Morgan fingerprint density at radius 3 is 2.62 bits per heavy atom. The van der Waals surface area contributed by atoms with Crippen LogP contribution in [-0.2, 0) is 9.53 Å². The summed E-state index contributed by atoms with van der Waals surface area (Å²) in [6.07, 6.45) is 4.52. The zero-order valence-corrected chi connectivity index (χ0v) is 14.7. The number of ether oxygens (including phenoxy) is 2. The van der Waals surface area contributed by atoms with Crippen molar-refractivity contribution in [1.29, 1.82) is 0 Å². The van der Waals surface area contributed by atoms with Gasteiger partial charge in [-0.2, -0.15) is 0 Å². The average molecular weight is 340 g/mol. The number of esters is 1. The van der Waals surface area contributed by atoms with Crippen molar-refractivity contribution < 1.29 is 14.3 Å². The summed E-state index contributed by atoms with van der Waals surface area (Å²) in [7, 11) is 0. The van der Waals surface area contributed by atoms with E-state index >= 15 is 0 Å². The molecule has 24 heavy (non-hydrogen) atoms. The monoisotopic (exact) mass is 340 g/mol. The molecule has 0 unspecified atom stereocenters. The van der Waals surface area contributed by atoms with Crippen molar-refractivity contribution in [2.75, 3.05) is 19.5 Å². The van der Waals surface area contributed by atoms with Crippen LogP contribution in [0, 0.1) is 0 Å². The lowest BCUT2D eigenvalue weighted by Gasteiger charge is -2.09. The molecule has 2 aromatic rings. The van der Waals surface area contributed by atoms with E-state index in [2.05, 4.69) is 42.7 Å². The molecule has 0 amide bonds. The van der Waals surface area contributed by atoms with Gasteiger partial charge in [0.2, 0.25) is 0 Å². The van der Waals surface area contributed by atoms with Gasteiger partial charge < -0.3 is 9.47 Å². The van der Waals surface area contributed by atoms with E-state index in [0.717, 1.165) is 22.4 Å². The lowest BCUT2D eigenvalue weighted by Crippen LogP contribution is -2.09. The second kappa shape index (κ2) is 7.58. The van der Waals surface area contributed by atoms with Crippen LogP contribution in [0.25, 0.3) is 17.2 Å². The summed E-state index contributed by atoms with van der Waals surface area (Å²) in [4.78, 5) is 13.3. The SMILES string of the molecule is CCOC(=O)C1=Cc2cc(-c3ccc(SC)cc3)ccc2OCC1. The van der Waals surface area contributed by atoms with Gasteiger partial charge in [0, 0.05) is 22.5 Å². The zero-order chi connectivity index (χ0) is 16.9. The summed E-state index contributed by atoms with van der Waals surface area (Å²) < 4.78 is 10.9. The van der Waals surface area contributed by atoms with E-state index in [4.69, 9.17) is 9.47 Å². The molecule has 0 N–H and O–H groups in total. The van der Waals surface area contributed by atoms with Gasteiger partial charge in [0.05, 0.1) is 13.2 Å². The maximum absolute atomic E-state index is 12.0. The van der Waals surface area contributed by atoms with Crippen LogP contribution in [0.5, 0.6) is 5.75 Å². The largest absolute Gasteiger partial charge is 0.493 e. The Labute approximate surface area is 146 Å². The first-order valence-corrected chi connectivity index (χ1v) is 9.22. The number of hydrogen-bond acceptors (Lipinski definition) is 4. The molecule has 0 saturated carbocycles. The zero-order valence-electron chi connectivity index (χ0n) is 13.9. The van der Waals surface area contributed by atoms with E-state index in [0.29, 0.717) is 25.2 Å². The quantitative estimate of drug-likeness (QED) is 0.591. The van der Waals surface area contributed by atoms with Crippen LogP contribution in [0.3, 0.4) is 0 Å². The van der Waals surface area contributed by atoms with E-state index < -0.39 is 0 Å². The first-order chi connectivity index (χ1) is 11.7. The Balaban J connectivity index is 1.96. The number of thioether (sulfide) groups is 1. The maximum Gasteiger partial charge on any atom is 0.334 e. The minimum Gasteiger partial charge on any atom is -0.493 e. The molecule has 1 heterocycles. The normalized spacial score (nSPS) is 13.3. The van der Waals surface area contributed by atoms with Crippen molar-refractivity contribution in [3.05, 3.63) is 53.6 Å². The van der Waals surface area contributed by atoms with Crippen LogP contribution in [0.2, 0.25) is 0 Å². The fourth-order valence-electron chi connectivity index (χ4n) is 2.67. The minimum absolute atomic E-state index is 0.260. The highest BCUT2D eigenvalue weighted by molar-refractivity contribution is 7.98. The van der Waals surface area contributed by atoms with Gasteiger partial charge in [-0.15, -0.1) is 11.8 Å². The molecule has 1 aliphatic heterocycles. The highest BCUT2D eigenvalue weighted by atomic mass is 32.2. The number of fused-ring (bicyclic) bond motifs is 1. The molecule has 0 aliphatic carbocycles. The topological polar surface area (TPSA) is 35.5 Å². The smallest absolute Gasteiger partial charge is 0.334 e. The molecule has 0 bridgehead atoms. The van der Waals surface area contributed by atoms with E-state index in [1.54, 1.807) is 11.8 Å². The number of carbonyl (C=O) groups excluding carboxylic acids is 1. The van der Waals surface area contributed by atoms with Crippen LogP contribution in [0.15, 0.2) is 52.9 Å². The lowest BCUT2D eigenvalue weighted by molar-refractivity contribution is -0.138. The molecule has 4 heteroatoms. The fraction of sp³-hybridized carbons (Fsp3) is 0.250. The second-order valence-corrected chi connectivity index (χ2v) is 6.35. The van der Waals surface area contributed by atoms with Gasteiger partial charge >= 0.3 is 5.97 Å². The minimum atomic E-state index is -0.260. The Morgan fingerprint density at radius 1 is 1.17 bits per heavy atom. The third-order valence-corrected chi connectivity index (χ3v) is 4.67. The number of hydrogen-bond donors (Lipinski definition) is 0. The summed E-state index contributed by atoms with van der Waals surface area (Å²) >= 11 is 1.73. The fourth-order valence-corrected chi connectivity index (χ4v) is 3.08. The predicted molar refractivity (Wildman–Crippen MR) is 98.4 cm³/mol. The number of rotatable bonds is 4. The molecule has 1 aliphatic rings. The molecule has 3 nitrogen and oxygen atoms in total. The number of carbonyl (C=O) groups is 1. The van der Waals surface area contributed by atoms with Crippen molar-refractivity contribution in [1.82, 2.24) is 0 Å². The van der Waals surface area contributed by atoms with Crippen LogP contribution >= 0.6 is 11.8 Å². The van der Waals surface area contributed by atoms with Gasteiger partial charge in [0.1, 0.15) is 5.75 Å². The van der Waals surface area contributed by atoms with Crippen LogP contribution in [-0.4, -0.2) is 25.4 Å². The van der Waals surface area contributed by atoms with E-state index in [1.807, 2.05) is 19.1 Å². The molecule has 0 spiro atoms. The average Bonchev–Trinajstić information content (AvgIpc) is 2.84. The Hall–Kier alpha value is -2.20. The van der Waals surface area contributed by atoms with Crippen molar-refractivity contribution in [3.8, 4) is 16.9 Å². The molecule has 0 fully saturated rings. The Kier molecular flexibility index (Phi) is 5.26. The third-order valence-electron chi connectivity index (χ3n) is 3.93. The summed E-state index contributed by atoms with van der Waals surface area (Å²) in [6, 6.07) is 14.5. The van der Waals surface area contributed by atoms with Gasteiger partial charge in [0.25, 0.3) is 0 Å². The first-order valence-electron chi connectivity index (χ1n) is 8.00. The summed E-state index contributed by atoms with van der Waals surface area (Å²) in [5.74, 6) is 0.544. The standard InChI is InChI=1S/C20H20O3S/c1-3-22-20(21)16-10-11-23-19-9-6-15(12-17(19)13-16)14-4-7-18(24-2)8-5-14/h4-9,12-13H,3,10-11H2,1-2H3. The van der Waals surface area contributed by atoms with Gasteiger partial charge in [0.15, 0.2) is 0 Å². The molecule has 2 aromatic carbocycles. The van der Waals surface area contributed by atoms with Crippen LogP contribution < -0.4 is 4.74 Å². The lowest BCUT2D eigenvalue weighted by atomic mass is 10.0. The highest BCUT2D eigenvalue weighted by Crippen LogP contribution is 2.31. The van der Waals surface area contributed by atoms with Gasteiger partial charge in [-0.25, -0.2) is 4.79 Å². The van der Waals surface area contributed by atoms with Crippen LogP contribution in [0.1, 0.15) is 18.9 Å². The molecular formula is C20H20O3S. The van der Waals surface area contributed by atoms with Gasteiger partial charge in [-0.1, -0.05) is 18.2 Å². The maximum atomic E-state index is 12.0. The van der Waals surface area contributed by atoms with Crippen molar-refractivity contribution in [2.45, 2.75) is 18.2 Å². The number of benzene rings is 2. The van der Waals surface area contributed by atoms with Crippen molar-refractivity contribution >= 4 is 23.8 Å². The van der Waals surface area contributed by atoms with E-state index in [1.165, 1.54) is 4.90 Å². The van der Waals surface area contributed by atoms with Crippen molar-refractivity contribution in [3.63, 3.8) is 0 Å². The molecule has 0 atom stereocenters. The molecule has 0 aromatic heterocycles. The Morgan fingerprint density at radius 2 is 1.92 bits per heavy atom. The molecule has 124 valence electrons. The van der Waals surface area contributed by atoms with E-state index in [-0.39, 0.29) is 5.97 Å². The van der Waals surface area contributed by atoms with Crippen LogP contribution in [0.4, 0.5) is 0 Å². The molecular weight excluding hydrogens is 320 g/mol. The molecule has 3 rings (SSSR count).